The van der Waals surface area contributed by atoms with Crippen LogP contribution in [0.2, 0.25) is 0 Å². The van der Waals surface area contributed by atoms with Gasteiger partial charge in [0.2, 0.25) is 0 Å². The van der Waals surface area contributed by atoms with Crippen molar-refractivity contribution in [2.75, 3.05) is 26.7 Å². The van der Waals surface area contributed by atoms with Crippen LogP contribution in [0.1, 0.15) is 13.3 Å². The van der Waals surface area contributed by atoms with Crippen LogP contribution in [0.5, 0.6) is 0 Å². The smallest absolute Gasteiger partial charge is 0.415 e. The lowest BCUT2D eigenvalue weighted by atomic mass is 9.87. The van der Waals surface area contributed by atoms with Gasteiger partial charge in [0, 0.05) is 13.1 Å². The van der Waals surface area contributed by atoms with Gasteiger partial charge in [-0.2, -0.15) is 13.2 Å². The fourth-order valence-corrected chi connectivity index (χ4v) is 2.25. The molecular weight excluding hydrogens is 251 g/mol. The molecule has 4 nitrogen and oxygen atoms in total. The minimum absolute atomic E-state index is 0.0772. The normalized spacial score (nSPS) is 27.9. The lowest BCUT2D eigenvalue weighted by molar-refractivity contribution is -0.209. The molecule has 0 bridgehead atoms. The van der Waals surface area contributed by atoms with Crippen LogP contribution in [0, 0.1) is 11.8 Å². The van der Waals surface area contributed by atoms with Gasteiger partial charge in [0.15, 0.2) is 6.10 Å². The average molecular weight is 269 g/mol. The van der Waals surface area contributed by atoms with E-state index in [0.29, 0.717) is 19.5 Å². The number of halogens is 3. The summed E-state index contributed by atoms with van der Waals surface area (Å²) in [4.78, 5) is 12.9. The Balaban J connectivity index is 2.49. The second kappa shape index (κ2) is 5.88. The zero-order valence-corrected chi connectivity index (χ0v) is 10.4. The number of carbonyl (C=O) groups is 1. The fraction of sp³-hybridized carbons (Fsp3) is 0.909. The highest BCUT2D eigenvalue weighted by Gasteiger charge is 2.41. The van der Waals surface area contributed by atoms with E-state index in [1.807, 2.05) is 0 Å². The summed E-state index contributed by atoms with van der Waals surface area (Å²) in [6.07, 6.45) is -6.47. The molecule has 1 heterocycles. The molecule has 1 saturated heterocycles. The molecule has 1 N–H and O–H groups in total. The molecule has 1 aliphatic heterocycles. The van der Waals surface area contributed by atoms with Crippen LogP contribution in [0.15, 0.2) is 0 Å². The molecular formula is C11H18F3NO3. The Kier molecular flexibility index (Phi) is 4.98. The first-order valence-corrected chi connectivity index (χ1v) is 5.80. The third kappa shape index (κ3) is 3.84. The summed E-state index contributed by atoms with van der Waals surface area (Å²) in [5, 5.41) is 8.99. The number of esters is 1. The van der Waals surface area contributed by atoms with Crippen molar-refractivity contribution in [2.24, 2.45) is 11.8 Å². The maximum absolute atomic E-state index is 12.2. The maximum atomic E-state index is 12.2. The summed E-state index contributed by atoms with van der Waals surface area (Å²) in [6.45, 7) is 2.07. The second-order valence-electron chi connectivity index (χ2n) is 4.71. The summed E-state index contributed by atoms with van der Waals surface area (Å²) >= 11 is 0. The molecule has 0 aromatic heterocycles. The van der Waals surface area contributed by atoms with Crippen molar-refractivity contribution >= 4 is 5.97 Å². The molecule has 7 heteroatoms. The van der Waals surface area contributed by atoms with Crippen LogP contribution in [-0.4, -0.2) is 55.0 Å². The van der Waals surface area contributed by atoms with Gasteiger partial charge < -0.3 is 14.7 Å². The number of piperidine rings is 1. The molecule has 1 fully saturated rings. The number of β-amino-alcohol motifs (C(OH)–C–C–N with tert-alkyl or cyclic N) is 1. The van der Waals surface area contributed by atoms with Crippen molar-refractivity contribution in [1.29, 1.82) is 0 Å². The Labute approximate surface area is 104 Å². The first kappa shape index (κ1) is 15.2. The van der Waals surface area contributed by atoms with Gasteiger partial charge >= 0.3 is 12.1 Å². The summed E-state index contributed by atoms with van der Waals surface area (Å²) in [5.74, 6) is -0.667. The van der Waals surface area contributed by atoms with E-state index in [2.05, 4.69) is 4.74 Å². The number of likely N-dealkylation sites (tertiary alicyclic amines) is 1. The summed E-state index contributed by atoms with van der Waals surface area (Å²) < 4.78 is 41.3. The monoisotopic (exact) mass is 269 g/mol. The number of methoxy groups -OCH3 is 1. The third-order valence-corrected chi connectivity index (χ3v) is 3.30. The SMILES string of the molecule is COC(=O)C1CCN(CC(O)C(F)(F)F)CC1C. The Morgan fingerprint density at radius 3 is 2.61 bits per heavy atom. The largest absolute Gasteiger partial charge is 0.469 e. The quantitative estimate of drug-likeness (QED) is 0.778. The van der Waals surface area contributed by atoms with Gasteiger partial charge in [-0.25, -0.2) is 0 Å². The number of aliphatic hydroxyl groups excluding tert-OH is 1. The Hall–Kier alpha value is -0.820. The number of carbonyl (C=O) groups excluding carboxylic acids is 1. The summed E-state index contributed by atoms with van der Waals surface area (Å²) in [5.41, 5.74) is 0. The number of ether oxygens (including phenoxy) is 1. The van der Waals surface area contributed by atoms with E-state index in [9.17, 15) is 18.0 Å². The first-order valence-electron chi connectivity index (χ1n) is 5.80. The predicted octanol–water partition coefficient (Wildman–Crippen LogP) is 1.04. The second-order valence-corrected chi connectivity index (χ2v) is 4.71. The molecule has 1 rings (SSSR count). The molecule has 18 heavy (non-hydrogen) atoms. The highest BCUT2D eigenvalue weighted by Crippen LogP contribution is 2.26. The lowest BCUT2D eigenvalue weighted by Gasteiger charge is -2.36. The van der Waals surface area contributed by atoms with E-state index in [1.165, 1.54) is 12.0 Å². The topological polar surface area (TPSA) is 49.8 Å². The zero-order chi connectivity index (χ0) is 13.9. The van der Waals surface area contributed by atoms with Gasteiger partial charge in [-0.15, -0.1) is 0 Å². The molecule has 3 unspecified atom stereocenters. The highest BCUT2D eigenvalue weighted by atomic mass is 19.4. The van der Waals surface area contributed by atoms with Gasteiger partial charge in [-0.3, -0.25) is 4.79 Å². The van der Waals surface area contributed by atoms with Crippen LogP contribution >= 0.6 is 0 Å². The number of alkyl halides is 3. The number of hydrogen-bond acceptors (Lipinski definition) is 4. The van der Waals surface area contributed by atoms with Gasteiger partial charge in [0.1, 0.15) is 0 Å². The molecule has 0 aromatic carbocycles. The van der Waals surface area contributed by atoms with Crippen LogP contribution in [0.25, 0.3) is 0 Å². The van der Waals surface area contributed by atoms with Gasteiger partial charge in [-0.05, 0) is 18.9 Å². The highest BCUT2D eigenvalue weighted by molar-refractivity contribution is 5.72. The van der Waals surface area contributed by atoms with E-state index in [0.717, 1.165) is 0 Å². The molecule has 0 radical (unpaired) electrons. The number of nitrogens with zero attached hydrogens (tertiary/aromatic N) is 1. The first-order chi connectivity index (χ1) is 8.25. The average Bonchev–Trinajstić information content (AvgIpc) is 2.27. The van der Waals surface area contributed by atoms with E-state index in [4.69, 9.17) is 5.11 Å². The Morgan fingerprint density at radius 2 is 2.17 bits per heavy atom. The molecule has 0 aromatic rings. The molecule has 0 aliphatic carbocycles. The fourth-order valence-electron chi connectivity index (χ4n) is 2.25. The van der Waals surface area contributed by atoms with Crippen LogP contribution in [-0.2, 0) is 9.53 Å². The molecule has 3 atom stereocenters. The van der Waals surface area contributed by atoms with Crippen molar-refractivity contribution in [3.05, 3.63) is 0 Å². The van der Waals surface area contributed by atoms with Crippen molar-refractivity contribution in [1.82, 2.24) is 4.90 Å². The van der Waals surface area contributed by atoms with Crippen molar-refractivity contribution in [2.45, 2.75) is 25.6 Å². The minimum Gasteiger partial charge on any atom is -0.469 e. The molecule has 0 spiro atoms. The number of aliphatic hydroxyl groups is 1. The Morgan fingerprint density at radius 1 is 1.56 bits per heavy atom. The van der Waals surface area contributed by atoms with Gasteiger partial charge in [0.05, 0.1) is 13.0 Å². The van der Waals surface area contributed by atoms with E-state index in [1.54, 1.807) is 6.92 Å². The van der Waals surface area contributed by atoms with Crippen molar-refractivity contribution in [3.8, 4) is 0 Å². The maximum Gasteiger partial charge on any atom is 0.415 e. The summed E-state index contributed by atoms with van der Waals surface area (Å²) in [7, 11) is 1.30. The van der Waals surface area contributed by atoms with Crippen molar-refractivity contribution < 1.29 is 27.8 Å². The number of rotatable bonds is 3. The van der Waals surface area contributed by atoms with Crippen LogP contribution < -0.4 is 0 Å². The van der Waals surface area contributed by atoms with Crippen molar-refractivity contribution in [3.63, 3.8) is 0 Å². The lowest BCUT2D eigenvalue weighted by Crippen LogP contribution is -2.48. The van der Waals surface area contributed by atoms with Crippen LogP contribution in [0.3, 0.4) is 0 Å². The summed E-state index contributed by atoms with van der Waals surface area (Å²) in [6, 6.07) is 0. The van der Waals surface area contributed by atoms with E-state index in [-0.39, 0.29) is 17.8 Å². The van der Waals surface area contributed by atoms with Gasteiger partial charge in [-0.1, -0.05) is 6.92 Å². The van der Waals surface area contributed by atoms with Gasteiger partial charge in [0.25, 0.3) is 0 Å². The molecule has 0 saturated carbocycles. The molecule has 0 amide bonds. The van der Waals surface area contributed by atoms with E-state index >= 15 is 0 Å². The van der Waals surface area contributed by atoms with E-state index < -0.39 is 18.8 Å². The Bertz CT molecular complexity index is 296. The van der Waals surface area contributed by atoms with Crippen LogP contribution in [0.4, 0.5) is 13.2 Å². The zero-order valence-electron chi connectivity index (χ0n) is 10.4. The molecule has 106 valence electrons. The molecule has 1 aliphatic rings. The standard InChI is InChI=1S/C11H18F3NO3/c1-7-5-15(6-9(16)11(12,13)14)4-3-8(7)10(17)18-2/h7-9,16H,3-6H2,1-2H3. The third-order valence-electron chi connectivity index (χ3n) is 3.30. The minimum atomic E-state index is -4.59. The predicted molar refractivity (Wildman–Crippen MR) is 57.8 cm³/mol. The number of hydrogen-bond donors (Lipinski definition) is 1.